The fourth-order valence-electron chi connectivity index (χ4n) is 12.3. The van der Waals surface area contributed by atoms with Crippen LogP contribution in [0.15, 0.2) is 222 Å². The second kappa shape index (κ2) is 16.2. The maximum atomic E-state index is 2.57. The van der Waals surface area contributed by atoms with Gasteiger partial charge in [-0.3, -0.25) is 0 Å². The Bertz CT molecular complexity index is 3740. The molecule has 0 heterocycles. The second-order valence-electron chi connectivity index (χ2n) is 20.6. The Balaban J connectivity index is 0.748. The van der Waals surface area contributed by atoms with Crippen molar-refractivity contribution < 1.29 is 0 Å². The molecule has 0 atom stereocenters. The molecule has 0 fully saturated rings. The van der Waals surface area contributed by atoms with Crippen LogP contribution >= 0.6 is 0 Å². The van der Waals surface area contributed by atoms with Crippen molar-refractivity contribution in [1.82, 2.24) is 0 Å². The minimum absolute atomic E-state index is 0.0742. The summed E-state index contributed by atoms with van der Waals surface area (Å²) in [7, 11) is 0. The molecular weight excluding hydrogens is 817 g/mol. The fraction of sp³-hybridized carbons (Fsp3) is 0.176. The van der Waals surface area contributed by atoms with Gasteiger partial charge in [-0.25, -0.2) is 0 Å². The van der Waals surface area contributed by atoms with Gasteiger partial charge >= 0.3 is 0 Å². The summed E-state index contributed by atoms with van der Waals surface area (Å²) >= 11 is 0. The quantitative estimate of drug-likeness (QED) is 0.140. The molecule has 0 bridgehead atoms. The minimum atomic E-state index is -0.0742. The average molecular weight is 873 g/mol. The Morgan fingerprint density at radius 1 is 0.426 bits per heavy atom. The van der Waals surface area contributed by atoms with Gasteiger partial charge in [0.1, 0.15) is 0 Å². The van der Waals surface area contributed by atoms with Gasteiger partial charge in [-0.1, -0.05) is 177 Å². The first-order valence-corrected chi connectivity index (χ1v) is 25.1. The number of hydrogen-bond acceptors (Lipinski definition) is 0. The lowest BCUT2D eigenvalue weighted by atomic mass is 9.80. The lowest BCUT2D eigenvalue weighted by Crippen LogP contribution is -2.15. The standard InChI is InChI=1S/C68H56/c1-43-17-20-49(50-23-22-45-11-7-8-14-48(45)37-50)36-47(43)21-18-44-19-32-61-62-34-31-56(42-66(62)68(2,3)65(61)35-44)54-27-26-51-38-53(25-24-52(51)39-54)55-30-33-59-57(40-55)28-29-58-41-64(46-12-5-4-6-13-46)60-15-9-10-16-63(60)67(58)59/h4-7,9-13,15-16,19,24-42H,8,14,17-18,20-23H2,1-3H3. The third-order valence-corrected chi connectivity index (χ3v) is 16.3. The number of benzene rings is 9. The molecule has 4 aliphatic rings. The van der Waals surface area contributed by atoms with Crippen LogP contribution in [0.3, 0.4) is 0 Å². The smallest absolute Gasteiger partial charge is 0.0159 e. The van der Waals surface area contributed by atoms with Gasteiger partial charge in [-0.15, -0.1) is 0 Å². The van der Waals surface area contributed by atoms with Crippen LogP contribution in [-0.4, -0.2) is 0 Å². The minimum Gasteiger partial charge on any atom is -0.0839 e. The number of rotatable bonds is 7. The first kappa shape index (κ1) is 41.0. The summed E-state index contributed by atoms with van der Waals surface area (Å²) in [6.45, 7) is 7.22. The SMILES string of the molecule is CC1=C(CCc2ccc3c(c2)C(C)(C)c2cc(-c4ccc5cc(-c6ccc7c(ccc8cc(-c9ccccc9)c9ccccc9c87)c6)ccc5c4)ccc2-3)C=C(C2=CC3=C(C=CCC3)CC2)CC1. The molecule has 0 N–H and O–H groups in total. The fourth-order valence-corrected chi connectivity index (χ4v) is 12.3. The van der Waals surface area contributed by atoms with Crippen molar-refractivity contribution in [3.63, 3.8) is 0 Å². The lowest BCUT2D eigenvalue weighted by Gasteiger charge is -2.25. The zero-order valence-corrected chi connectivity index (χ0v) is 39.6. The predicted octanol–water partition coefficient (Wildman–Crippen LogP) is 18.9. The highest BCUT2D eigenvalue weighted by atomic mass is 14.4. The van der Waals surface area contributed by atoms with E-state index in [2.05, 4.69) is 209 Å². The van der Waals surface area contributed by atoms with E-state index in [1.807, 2.05) is 0 Å². The topological polar surface area (TPSA) is 0 Å². The second-order valence-corrected chi connectivity index (χ2v) is 20.6. The average Bonchev–Trinajstić information content (AvgIpc) is 3.61. The van der Waals surface area contributed by atoms with Crippen molar-refractivity contribution in [2.75, 3.05) is 0 Å². The molecule has 0 unspecified atom stereocenters. The molecule has 0 aliphatic heterocycles. The summed E-state index contributed by atoms with van der Waals surface area (Å²) in [5.74, 6) is 0. The third kappa shape index (κ3) is 6.95. The summed E-state index contributed by atoms with van der Waals surface area (Å²) in [6.07, 6.45) is 19.2. The molecule has 0 heteroatoms. The van der Waals surface area contributed by atoms with E-state index in [0.29, 0.717) is 0 Å². The zero-order valence-electron chi connectivity index (χ0n) is 39.6. The number of hydrogen-bond donors (Lipinski definition) is 0. The molecule has 0 spiro atoms. The van der Waals surface area contributed by atoms with Crippen molar-refractivity contribution in [2.45, 2.75) is 77.6 Å². The predicted molar refractivity (Wildman–Crippen MR) is 291 cm³/mol. The van der Waals surface area contributed by atoms with E-state index >= 15 is 0 Å². The van der Waals surface area contributed by atoms with Gasteiger partial charge in [-0.05, 0) is 221 Å². The van der Waals surface area contributed by atoms with E-state index in [1.165, 1.54) is 143 Å². The Morgan fingerprint density at radius 3 is 1.87 bits per heavy atom. The molecule has 0 aromatic heterocycles. The van der Waals surface area contributed by atoms with Crippen molar-refractivity contribution >= 4 is 43.1 Å². The molecule has 4 aliphatic carbocycles. The van der Waals surface area contributed by atoms with E-state index in [-0.39, 0.29) is 5.41 Å². The van der Waals surface area contributed by atoms with Gasteiger partial charge in [0.15, 0.2) is 0 Å². The van der Waals surface area contributed by atoms with Crippen molar-refractivity contribution in [3.8, 4) is 44.5 Å². The number of fused-ring (bicyclic) bond motifs is 9. The van der Waals surface area contributed by atoms with Crippen LogP contribution in [0, 0.1) is 0 Å². The van der Waals surface area contributed by atoms with Crippen LogP contribution in [0.25, 0.3) is 87.6 Å². The van der Waals surface area contributed by atoms with Gasteiger partial charge in [0.05, 0.1) is 0 Å². The van der Waals surface area contributed by atoms with Crippen LogP contribution in [0.4, 0.5) is 0 Å². The normalized spacial score (nSPS) is 16.3. The first-order valence-electron chi connectivity index (χ1n) is 25.1. The molecule has 0 amide bonds. The lowest BCUT2D eigenvalue weighted by molar-refractivity contribution is 0.659. The van der Waals surface area contributed by atoms with Crippen LogP contribution in [0.1, 0.15) is 82.4 Å². The molecule has 13 rings (SSSR count). The number of allylic oxidation sites excluding steroid dienone is 10. The highest BCUT2D eigenvalue weighted by Gasteiger charge is 2.36. The highest BCUT2D eigenvalue weighted by molar-refractivity contribution is 6.23. The molecular formula is C68H56. The molecule has 328 valence electrons. The van der Waals surface area contributed by atoms with Crippen molar-refractivity contribution in [1.29, 1.82) is 0 Å². The van der Waals surface area contributed by atoms with Gasteiger partial charge in [0.2, 0.25) is 0 Å². The zero-order chi connectivity index (χ0) is 45.5. The summed E-state index contributed by atoms with van der Waals surface area (Å²) in [4.78, 5) is 0. The third-order valence-electron chi connectivity index (χ3n) is 16.3. The molecule has 0 radical (unpaired) electrons. The van der Waals surface area contributed by atoms with E-state index in [9.17, 15) is 0 Å². The van der Waals surface area contributed by atoms with Crippen LogP contribution in [-0.2, 0) is 11.8 Å². The Labute approximate surface area is 401 Å². The largest absolute Gasteiger partial charge is 0.0839 e. The first-order chi connectivity index (χ1) is 33.3. The van der Waals surface area contributed by atoms with Crippen LogP contribution in [0.5, 0.6) is 0 Å². The monoisotopic (exact) mass is 872 g/mol. The number of aryl methyl sites for hydroxylation is 1. The molecule has 0 saturated carbocycles. The molecule has 0 saturated heterocycles. The molecule has 9 aromatic carbocycles. The Kier molecular flexibility index (Phi) is 9.76. The summed E-state index contributed by atoms with van der Waals surface area (Å²) in [5, 5.41) is 10.3. The molecule has 9 aromatic rings. The van der Waals surface area contributed by atoms with Crippen molar-refractivity contribution in [3.05, 3.63) is 238 Å². The maximum absolute atomic E-state index is 2.57. The molecule has 0 nitrogen and oxygen atoms in total. The van der Waals surface area contributed by atoms with E-state index in [0.717, 1.165) is 12.8 Å². The van der Waals surface area contributed by atoms with Crippen LogP contribution in [0.2, 0.25) is 0 Å². The summed E-state index contributed by atoms with van der Waals surface area (Å²) in [6, 6.07) is 62.2. The molecule has 68 heavy (non-hydrogen) atoms. The van der Waals surface area contributed by atoms with E-state index < -0.39 is 0 Å². The summed E-state index contributed by atoms with van der Waals surface area (Å²) < 4.78 is 0. The van der Waals surface area contributed by atoms with Gasteiger partial charge in [-0.2, -0.15) is 0 Å². The van der Waals surface area contributed by atoms with Gasteiger partial charge in [0.25, 0.3) is 0 Å². The van der Waals surface area contributed by atoms with Gasteiger partial charge < -0.3 is 0 Å². The van der Waals surface area contributed by atoms with E-state index in [1.54, 1.807) is 33.4 Å². The van der Waals surface area contributed by atoms with Crippen molar-refractivity contribution in [2.24, 2.45) is 0 Å². The highest BCUT2D eigenvalue weighted by Crippen LogP contribution is 2.50. The van der Waals surface area contributed by atoms with E-state index in [4.69, 9.17) is 0 Å². The van der Waals surface area contributed by atoms with Gasteiger partial charge in [0, 0.05) is 5.41 Å². The van der Waals surface area contributed by atoms with Crippen LogP contribution < -0.4 is 0 Å². The summed E-state index contributed by atoms with van der Waals surface area (Å²) in [5.41, 5.74) is 24.1. The Hall–Kier alpha value is -7.28. The Morgan fingerprint density at radius 2 is 1.06 bits per heavy atom. The maximum Gasteiger partial charge on any atom is 0.0159 e.